The molecule has 0 aliphatic heterocycles. The molecule has 1 aromatic heterocycles. The number of carboxylic acid groups (broad SMARTS) is 1. The molecule has 5 heteroatoms. The van der Waals surface area contributed by atoms with Gasteiger partial charge in [0.2, 0.25) is 0 Å². The molecule has 0 radical (unpaired) electrons. The highest BCUT2D eigenvalue weighted by Crippen LogP contribution is 2.10. The Morgan fingerprint density at radius 3 is 2.35 bits per heavy atom. The zero-order valence-electron chi connectivity index (χ0n) is 13.6. The van der Waals surface area contributed by atoms with Crippen molar-refractivity contribution in [2.24, 2.45) is 0 Å². The van der Waals surface area contributed by atoms with Crippen molar-refractivity contribution in [3.63, 3.8) is 0 Å². The lowest BCUT2D eigenvalue weighted by molar-refractivity contribution is 0.0690. The van der Waals surface area contributed by atoms with E-state index in [-0.39, 0.29) is 5.69 Å². The second-order valence-corrected chi connectivity index (χ2v) is 5.34. The topological polar surface area (TPSA) is 65.5 Å². The van der Waals surface area contributed by atoms with Gasteiger partial charge in [-0.25, -0.2) is 9.78 Å². The molecule has 0 saturated heterocycles. The van der Waals surface area contributed by atoms with Gasteiger partial charge in [0, 0.05) is 13.1 Å². The summed E-state index contributed by atoms with van der Waals surface area (Å²) in [4.78, 5) is 17.3. The van der Waals surface area contributed by atoms with Crippen LogP contribution in [0.5, 0.6) is 0 Å². The molecule has 0 aliphatic carbocycles. The quantitative estimate of drug-likeness (QED) is 0.783. The maximum Gasteiger partial charge on any atom is 0.354 e. The number of nitrogens with zero attached hydrogens (tertiary/aromatic N) is 2. The molecule has 1 heterocycles. The van der Waals surface area contributed by atoms with E-state index in [2.05, 4.69) is 53.3 Å². The summed E-state index contributed by atoms with van der Waals surface area (Å²) in [6.07, 6.45) is 0. The number of benzene rings is 1. The van der Waals surface area contributed by atoms with Crippen LogP contribution in [0.4, 0.5) is 5.82 Å². The van der Waals surface area contributed by atoms with Gasteiger partial charge in [-0.2, -0.15) is 0 Å². The molecular weight excluding hydrogens is 290 g/mol. The average Bonchev–Trinajstić information content (AvgIpc) is 2.59. The summed E-state index contributed by atoms with van der Waals surface area (Å²) in [5.74, 6) is -0.452. The molecule has 5 nitrogen and oxygen atoms in total. The van der Waals surface area contributed by atoms with Gasteiger partial charge in [0.1, 0.15) is 5.82 Å². The first-order chi connectivity index (χ1) is 11.1. The SMILES string of the molecule is CCN(CC)Cc1ccc(CNc2cccc(C(=O)O)n2)cc1. The van der Waals surface area contributed by atoms with Crippen molar-refractivity contribution in [1.29, 1.82) is 0 Å². The first-order valence-corrected chi connectivity index (χ1v) is 7.86. The normalized spacial score (nSPS) is 10.7. The lowest BCUT2D eigenvalue weighted by Crippen LogP contribution is -2.22. The highest BCUT2D eigenvalue weighted by molar-refractivity contribution is 5.85. The molecule has 0 saturated carbocycles. The number of nitrogens with one attached hydrogen (secondary N) is 1. The Bertz CT molecular complexity index is 637. The van der Waals surface area contributed by atoms with Crippen molar-refractivity contribution in [3.8, 4) is 0 Å². The monoisotopic (exact) mass is 313 g/mol. The molecule has 0 fully saturated rings. The number of pyridine rings is 1. The molecular formula is C18H23N3O2. The third-order valence-corrected chi connectivity index (χ3v) is 3.77. The van der Waals surface area contributed by atoms with Gasteiger partial charge < -0.3 is 10.4 Å². The molecule has 0 spiro atoms. The Labute approximate surface area is 137 Å². The Hall–Kier alpha value is -2.40. The van der Waals surface area contributed by atoms with Crippen molar-refractivity contribution >= 4 is 11.8 Å². The number of anilines is 1. The van der Waals surface area contributed by atoms with Crippen LogP contribution >= 0.6 is 0 Å². The molecule has 2 aromatic rings. The highest BCUT2D eigenvalue weighted by Gasteiger charge is 2.05. The Kier molecular flexibility index (Phi) is 6.11. The molecule has 122 valence electrons. The maximum atomic E-state index is 10.9. The smallest absolute Gasteiger partial charge is 0.354 e. The van der Waals surface area contributed by atoms with Crippen LogP contribution in [-0.4, -0.2) is 34.0 Å². The lowest BCUT2D eigenvalue weighted by atomic mass is 10.1. The summed E-state index contributed by atoms with van der Waals surface area (Å²) in [5.41, 5.74) is 2.48. The zero-order valence-corrected chi connectivity index (χ0v) is 13.6. The summed E-state index contributed by atoms with van der Waals surface area (Å²) in [7, 11) is 0. The van der Waals surface area contributed by atoms with Crippen LogP contribution in [0, 0.1) is 0 Å². The summed E-state index contributed by atoms with van der Waals surface area (Å²) in [6.45, 7) is 8.00. The molecule has 2 rings (SSSR count). The minimum absolute atomic E-state index is 0.0459. The van der Waals surface area contributed by atoms with Crippen molar-refractivity contribution < 1.29 is 9.90 Å². The van der Waals surface area contributed by atoms with Gasteiger partial charge in [-0.05, 0) is 36.3 Å². The number of rotatable bonds is 8. The van der Waals surface area contributed by atoms with E-state index in [1.54, 1.807) is 12.1 Å². The molecule has 23 heavy (non-hydrogen) atoms. The van der Waals surface area contributed by atoms with Crippen molar-refractivity contribution in [1.82, 2.24) is 9.88 Å². The third kappa shape index (κ3) is 5.07. The molecule has 0 unspecified atom stereocenters. The van der Waals surface area contributed by atoms with Crippen LogP contribution in [0.2, 0.25) is 0 Å². The second-order valence-electron chi connectivity index (χ2n) is 5.34. The molecule has 0 aliphatic rings. The van der Waals surface area contributed by atoms with Crippen LogP contribution < -0.4 is 5.32 Å². The fraction of sp³-hybridized carbons (Fsp3) is 0.333. The predicted molar refractivity (Wildman–Crippen MR) is 91.6 cm³/mol. The van der Waals surface area contributed by atoms with E-state index in [4.69, 9.17) is 5.11 Å². The van der Waals surface area contributed by atoms with Gasteiger partial charge in [0.15, 0.2) is 5.69 Å². The van der Waals surface area contributed by atoms with Gasteiger partial charge in [0.05, 0.1) is 0 Å². The van der Waals surface area contributed by atoms with Gasteiger partial charge in [0.25, 0.3) is 0 Å². The maximum absolute atomic E-state index is 10.9. The van der Waals surface area contributed by atoms with E-state index in [1.807, 2.05) is 0 Å². The van der Waals surface area contributed by atoms with Gasteiger partial charge in [-0.15, -0.1) is 0 Å². The standard InChI is InChI=1S/C18H23N3O2/c1-3-21(4-2)13-15-10-8-14(9-11-15)12-19-17-7-5-6-16(20-17)18(22)23/h5-11H,3-4,12-13H2,1-2H3,(H,19,20)(H,22,23). The van der Waals surface area contributed by atoms with E-state index in [0.29, 0.717) is 12.4 Å². The van der Waals surface area contributed by atoms with Gasteiger partial charge >= 0.3 is 5.97 Å². The van der Waals surface area contributed by atoms with E-state index in [0.717, 1.165) is 25.2 Å². The van der Waals surface area contributed by atoms with Crippen LogP contribution in [0.3, 0.4) is 0 Å². The highest BCUT2D eigenvalue weighted by atomic mass is 16.4. The molecule has 2 N–H and O–H groups in total. The number of hydrogen-bond acceptors (Lipinski definition) is 4. The van der Waals surface area contributed by atoms with E-state index < -0.39 is 5.97 Å². The average molecular weight is 313 g/mol. The summed E-state index contributed by atoms with van der Waals surface area (Å²) in [5, 5.41) is 12.1. The zero-order chi connectivity index (χ0) is 16.7. The Morgan fingerprint density at radius 2 is 1.74 bits per heavy atom. The Morgan fingerprint density at radius 1 is 1.09 bits per heavy atom. The fourth-order valence-electron chi connectivity index (χ4n) is 2.31. The van der Waals surface area contributed by atoms with Crippen molar-refractivity contribution in [2.45, 2.75) is 26.9 Å². The summed E-state index contributed by atoms with van der Waals surface area (Å²) >= 11 is 0. The molecule has 0 bridgehead atoms. The minimum Gasteiger partial charge on any atom is -0.477 e. The molecule has 1 aromatic carbocycles. The predicted octanol–water partition coefficient (Wildman–Crippen LogP) is 3.23. The van der Waals surface area contributed by atoms with Crippen LogP contribution in [0.15, 0.2) is 42.5 Å². The van der Waals surface area contributed by atoms with Crippen LogP contribution in [-0.2, 0) is 13.1 Å². The van der Waals surface area contributed by atoms with Gasteiger partial charge in [-0.1, -0.05) is 44.2 Å². The largest absolute Gasteiger partial charge is 0.477 e. The first-order valence-electron chi connectivity index (χ1n) is 7.86. The van der Waals surface area contributed by atoms with Crippen molar-refractivity contribution in [2.75, 3.05) is 18.4 Å². The molecule has 0 amide bonds. The van der Waals surface area contributed by atoms with Crippen LogP contribution in [0.1, 0.15) is 35.5 Å². The number of carboxylic acids is 1. The number of aromatic nitrogens is 1. The number of hydrogen-bond donors (Lipinski definition) is 2. The van der Waals surface area contributed by atoms with E-state index in [1.165, 1.54) is 11.6 Å². The van der Waals surface area contributed by atoms with E-state index >= 15 is 0 Å². The third-order valence-electron chi connectivity index (χ3n) is 3.77. The number of carbonyl (C=O) groups is 1. The minimum atomic E-state index is -1.02. The lowest BCUT2D eigenvalue weighted by Gasteiger charge is -2.18. The van der Waals surface area contributed by atoms with Crippen LogP contribution in [0.25, 0.3) is 0 Å². The van der Waals surface area contributed by atoms with E-state index in [9.17, 15) is 4.79 Å². The summed E-state index contributed by atoms with van der Waals surface area (Å²) in [6, 6.07) is 13.4. The second kappa shape index (κ2) is 8.29. The van der Waals surface area contributed by atoms with Gasteiger partial charge in [-0.3, -0.25) is 4.90 Å². The number of aromatic carboxylic acids is 1. The molecule has 0 atom stereocenters. The first kappa shape index (κ1) is 17.0. The summed E-state index contributed by atoms with van der Waals surface area (Å²) < 4.78 is 0. The Balaban J connectivity index is 1.93. The van der Waals surface area contributed by atoms with Crippen molar-refractivity contribution in [3.05, 3.63) is 59.3 Å². The fourth-order valence-corrected chi connectivity index (χ4v) is 2.31.